The molecule has 0 spiro atoms. The number of carbonyl (C=O) groups excluding carboxylic acids is 1. The zero-order chi connectivity index (χ0) is 23.2. The van der Waals surface area contributed by atoms with E-state index in [1.807, 2.05) is 30.3 Å². The molecule has 2 heterocycles. The number of tetrazole rings is 1. The largest absolute Gasteiger partial charge is 0.497 e. The van der Waals surface area contributed by atoms with Crippen LogP contribution in [0.25, 0.3) is 5.69 Å². The number of nitrogens with zero attached hydrogens (tertiary/aromatic N) is 6. The second kappa shape index (κ2) is 10.2. The molecule has 174 valence electrons. The van der Waals surface area contributed by atoms with Crippen LogP contribution in [-0.2, 0) is 6.54 Å². The van der Waals surface area contributed by atoms with E-state index in [4.69, 9.17) is 14.2 Å². The van der Waals surface area contributed by atoms with Gasteiger partial charge in [-0.1, -0.05) is 6.07 Å². The minimum Gasteiger partial charge on any atom is -0.497 e. The van der Waals surface area contributed by atoms with Crippen LogP contribution in [0.2, 0.25) is 0 Å². The van der Waals surface area contributed by atoms with Crippen molar-refractivity contribution >= 4 is 11.7 Å². The first-order valence-electron chi connectivity index (χ1n) is 10.5. The molecular weight excluding hydrogens is 426 g/mol. The van der Waals surface area contributed by atoms with Gasteiger partial charge in [0, 0.05) is 26.2 Å². The number of carbonyl (C=O) groups is 1. The fourth-order valence-electron chi connectivity index (χ4n) is 3.72. The highest BCUT2D eigenvalue weighted by Crippen LogP contribution is 2.34. The summed E-state index contributed by atoms with van der Waals surface area (Å²) in [5.74, 6) is 2.57. The molecule has 11 nitrogen and oxygen atoms in total. The summed E-state index contributed by atoms with van der Waals surface area (Å²) in [6, 6.07) is 12.8. The highest BCUT2D eigenvalue weighted by atomic mass is 16.5. The molecule has 1 N–H and O–H groups in total. The Hall–Kier alpha value is -3.86. The van der Waals surface area contributed by atoms with Crippen molar-refractivity contribution in [3.8, 4) is 22.9 Å². The normalized spacial score (nSPS) is 14.1. The van der Waals surface area contributed by atoms with Gasteiger partial charge in [-0.15, -0.1) is 5.10 Å². The van der Waals surface area contributed by atoms with Crippen LogP contribution in [0.3, 0.4) is 0 Å². The molecule has 1 aliphatic heterocycles. The molecule has 33 heavy (non-hydrogen) atoms. The maximum atomic E-state index is 12.8. The fourth-order valence-corrected chi connectivity index (χ4v) is 3.72. The van der Waals surface area contributed by atoms with E-state index in [0.717, 1.165) is 17.3 Å². The maximum absolute atomic E-state index is 12.8. The van der Waals surface area contributed by atoms with Crippen LogP contribution in [0.5, 0.6) is 17.2 Å². The van der Waals surface area contributed by atoms with Crippen LogP contribution in [0.1, 0.15) is 5.82 Å². The SMILES string of the molecule is COc1ccc(-n2nnnc2CN2CCN(C(=O)Nc3cccc(OC)c3OC)CC2)cc1. The molecule has 0 radical (unpaired) electrons. The van der Waals surface area contributed by atoms with Crippen molar-refractivity contribution in [3.05, 3.63) is 48.3 Å². The Kier molecular flexibility index (Phi) is 6.89. The van der Waals surface area contributed by atoms with Gasteiger partial charge in [-0.2, -0.15) is 4.68 Å². The molecular formula is C22H27N7O4. The third-order valence-corrected chi connectivity index (χ3v) is 5.52. The van der Waals surface area contributed by atoms with E-state index in [9.17, 15) is 4.79 Å². The Morgan fingerprint density at radius 2 is 1.73 bits per heavy atom. The monoisotopic (exact) mass is 453 g/mol. The van der Waals surface area contributed by atoms with Crippen molar-refractivity contribution in [1.29, 1.82) is 0 Å². The third kappa shape index (κ3) is 4.98. The summed E-state index contributed by atoms with van der Waals surface area (Å²) in [5.41, 5.74) is 1.43. The van der Waals surface area contributed by atoms with Crippen molar-refractivity contribution in [2.75, 3.05) is 52.8 Å². The molecule has 1 aliphatic rings. The number of urea groups is 1. The molecule has 0 atom stereocenters. The molecule has 2 amide bonds. The zero-order valence-corrected chi connectivity index (χ0v) is 18.9. The van der Waals surface area contributed by atoms with Crippen molar-refractivity contribution in [1.82, 2.24) is 30.0 Å². The first-order valence-corrected chi connectivity index (χ1v) is 10.5. The maximum Gasteiger partial charge on any atom is 0.322 e. The number of aromatic nitrogens is 4. The number of methoxy groups -OCH3 is 3. The van der Waals surface area contributed by atoms with Crippen molar-refractivity contribution in [3.63, 3.8) is 0 Å². The van der Waals surface area contributed by atoms with Crippen LogP contribution in [0.15, 0.2) is 42.5 Å². The van der Waals surface area contributed by atoms with Crippen LogP contribution in [0, 0.1) is 0 Å². The van der Waals surface area contributed by atoms with Crippen LogP contribution >= 0.6 is 0 Å². The lowest BCUT2D eigenvalue weighted by Crippen LogP contribution is -2.49. The van der Waals surface area contributed by atoms with E-state index >= 15 is 0 Å². The number of para-hydroxylation sites is 1. The lowest BCUT2D eigenvalue weighted by Gasteiger charge is -2.34. The Morgan fingerprint density at radius 3 is 2.39 bits per heavy atom. The molecule has 11 heteroatoms. The zero-order valence-electron chi connectivity index (χ0n) is 18.9. The number of anilines is 1. The highest BCUT2D eigenvalue weighted by molar-refractivity contribution is 5.91. The molecule has 0 bridgehead atoms. The summed E-state index contributed by atoms with van der Waals surface area (Å²) >= 11 is 0. The topological polar surface area (TPSA) is 107 Å². The summed E-state index contributed by atoms with van der Waals surface area (Å²) in [6.07, 6.45) is 0. The van der Waals surface area contributed by atoms with Crippen molar-refractivity contribution < 1.29 is 19.0 Å². The number of amides is 2. The lowest BCUT2D eigenvalue weighted by molar-refractivity contribution is 0.140. The molecule has 0 unspecified atom stereocenters. The van der Waals surface area contributed by atoms with Gasteiger partial charge < -0.3 is 24.4 Å². The molecule has 0 aliphatic carbocycles. The van der Waals surface area contributed by atoms with Crippen molar-refractivity contribution in [2.24, 2.45) is 0 Å². The summed E-state index contributed by atoms with van der Waals surface area (Å²) in [4.78, 5) is 16.8. The average Bonchev–Trinajstić information content (AvgIpc) is 3.32. The molecule has 4 rings (SSSR count). The summed E-state index contributed by atoms with van der Waals surface area (Å²) in [7, 11) is 4.74. The van der Waals surface area contributed by atoms with E-state index in [-0.39, 0.29) is 6.03 Å². The fraction of sp³-hybridized carbons (Fsp3) is 0.364. The molecule has 1 saturated heterocycles. The second-order valence-electron chi connectivity index (χ2n) is 7.44. The Balaban J connectivity index is 1.35. The van der Waals surface area contributed by atoms with E-state index in [0.29, 0.717) is 49.9 Å². The number of hydrogen-bond donors (Lipinski definition) is 1. The van der Waals surface area contributed by atoms with Gasteiger partial charge in [-0.25, -0.2) is 4.79 Å². The Bertz CT molecular complexity index is 1080. The first-order chi connectivity index (χ1) is 16.1. The molecule has 3 aromatic rings. The lowest BCUT2D eigenvalue weighted by atomic mass is 10.2. The summed E-state index contributed by atoms with van der Waals surface area (Å²) < 4.78 is 17.6. The molecule has 1 aromatic heterocycles. The number of rotatable bonds is 7. The smallest absolute Gasteiger partial charge is 0.322 e. The minimum absolute atomic E-state index is 0.177. The third-order valence-electron chi connectivity index (χ3n) is 5.52. The minimum atomic E-state index is -0.177. The van der Waals surface area contributed by atoms with Crippen LogP contribution in [-0.4, -0.2) is 83.5 Å². The predicted molar refractivity (Wildman–Crippen MR) is 121 cm³/mol. The number of benzene rings is 2. The number of piperazine rings is 1. The quantitative estimate of drug-likeness (QED) is 0.579. The molecule has 0 saturated carbocycles. The number of hydrogen-bond acceptors (Lipinski definition) is 8. The summed E-state index contributed by atoms with van der Waals surface area (Å²) in [5, 5.41) is 15.1. The van der Waals surface area contributed by atoms with Gasteiger partial charge in [-0.3, -0.25) is 4.90 Å². The standard InChI is InChI=1S/C22H27N7O4/c1-31-17-9-7-16(8-10-17)29-20(24-25-26-29)15-27-11-13-28(14-12-27)22(30)23-18-5-4-6-19(32-2)21(18)33-3/h4-10H,11-15H2,1-3H3,(H,23,30). The van der Waals surface area contributed by atoms with E-state index < -0.39 is 0 Å². The van der Waals surface area contributed by atoms with E-state index in [1.165, 1.54) is 0 Å². The Morgan fingerprint density at radius 1 is 0.970 bits per heavy atom. The second-order valence-corrected chi connectivity index (χ2v) is 7.44. The van der Waals surface area contributed by atoms with Crippen LogP contribution in [0.4, 0.5) is 10.5 Å². The van der Waals surface area contributed by atoms with Gasteiger partial charge in [-0.05, 0) is 46.8 Å². The van der Waals surface area contributed by atoms with Crippen LogP contribution < -0.4 is 19.5 Å². The summed E-state index contributed by atoms with van der Waals surface area (Å²) in [6.45, 7) is 3.17. The van der Waals surface area contributed by atoms with Gasteiger partial charge in [0.05, 0.1) is 39.2 Å². The van der Waals surface area contributed by atoms with Gasteiger partial charge in [0.25, 0.3) is 0 Å². The average molecular weight is 454 g/mol. The van der Waals surface area contributed by atoms with Gasteiger partial charge in [0.1, 0.15) is 5.75 Å². The van der Waals surface area contributed by atoms with E-state index in [1.54, 1.807) is 43.0 Å². The van der Waals surface area contributed by atoms with Crippen molar-refractivity contribution in [2.45, 2.75) is 6.54 Å². The number of nitrogens with one attached hydrogen (secondary N) is 1. The van der Waals surface area contributed by atoms with E-state index in [2.05, 4.69) is 25.7 Å². The Labute approximate surface area is 191 Å². The molecule has 1 fully saturated rings. The van der Waals surface area contributed by atoms with Gasteiger partial charge in [0.2, 0.25) is 0 Å². The van der Waals surface area contributed by atoms with Gasteiger partial charge >= 0.3 is 6.03 Å². The predicted octanol–water partition coefficient (Wildman–Crippen LogP) is 2.04. The number of ether oxygens (including phenoxy) is 3. The first kappa shape index (κ1) is 22.3. The molecule has 2 aromatic carbocycles. The van der Waals surface area contributed by atoms with Gasteiger partial charge in [0.15, 0.2) is 17.3 Å². The highest BCUT2D eigenvalue weighted by Gasteiger charge is 2.24.